The first kappa shape index (κ1) is 17.7. The Bertz CT molecular complexity index is 680. The minimum atomic E-state index is -0.207. The van der Waals surface area contributed by atoms with Gasteiger partial charge < -0.3 is 15.5 Å². The highest BCUT2D eigenvalue weighted by Gasteiger charge is 2.27. The lowest BCUT2D eigenvalue weighted by Crippen LogP contribution is -2.45. The van der Waals surface area contributed by atoms with Crippen molar-refractivity contribution < 1.29 is 10.2 Å². The Morgan fingerprint density at radius 3 is 2.72 bits per heavy atom. The summed E-state index contributed by atoms with van der Waals surface area (Å²) < 4.78 is 0. The van der Waals surface area contributed by atoms with Gasteiger partial charge in [-0.3, -0.25) is 4.90 Å². The summed E-state index contributed by atoms with van der Waals surface area (Å²) in [6.45, 7) is 3.44. The molecule has 0 aromatic carbocycles. The minimum Gasteiger partial charge on any atom is -0.395 e. The molecule has 134 valence electrons. The zero-order valence-corrected chi connectivity index (χ0v) is 14.3. The summed E-state index contributed by atoms with van der Waals surface area (Å²) in [5.41, 5.74) is 0.963. The van der Waals surface area contributed by atoms with E-state index in [4.69, 9.17) is 0 Å². The molecule has 0 amide bonds. The van der Waals surface area contributed by atoms with E-state index in [1.807, 2.05) is 13.0 Å². The van der Waals surface area contributed by atoms with Crippen molar-refractivity contribution in [3.8, 4) is 0 Å². The smallest absolute Gasteiger partial charge is 0.228 e. The highest BCUT2D eigenvalue weighted by Crippen LogP contribution is 2.28. The van der Waals surface area contributed by atoms with Gasteiger partial charge in [-0.05, 0) is 32.4 Å². The summed E-state index contributed by atoms with van der Waals surface area (Å²) in [6, 6.07) is 3.49. The monoisotopic (exact) mass is 344 g/mol. The molecule has 25 heavy (non-hydrogen) atoms. The molecule has 0 radical (unpaired) electrons. The summed E-state index contributed by atoms with van der Waals surface area (Å²) in [5, 5.41) is 22.0. The number of nitrogens with one attached hydrogen (secondary N) is 1. The number of aliphatic hydroxyl groups is 2. The summed E-state index contributed by atoms with van der Waals surface area (Å²) in [5.74, 6) is 2.10. The van der Waals surface area contributed by atoms with Crippen LogP contribution in [0.3, 0.4) is 0 Å². The molecular weight excluding hydrogens is 320 g/mol. The predicted molar refractivity (Wildman–Crippen MR) is 93.6 cm³/mol. The van der Waals surface area contributed by atoms with E-state index < -0.39 is 0 Å². The van der Waals surface area contributed by atoms with Gasteiger partial charge in [0.2, 0.25) is 5.95 Å². The number of anilines is 2. The molecule has 1 saturated heterocycles. The fourth-order valence-electron chi connectivity index (χ4n) is 3.21. The van der Waals surface area contributed by atoms with Gasteiger partial charge in [-0.2, -0.15) is 0 Å². The second-order valence-corrected chi connectivity index (χ2v) is 6.28. The van der Waals surface area contributed by atoms with Gasteiger partial charge in [0.25, 0.3) is 0 Å². The van der Waals surface area contributed by atoms with E-state index in [0.717, 1.165) is 31.6 Å². The van der Waals surface area contributed by atoms with Crippen LogP contribution in [-0.4, -0.2) is 67.4 Å². The molecule has 0 bridgehead atoms. The lowest BCUT2D eigenvalue weighted by atomic mass is 9.93. The number of hydrogen-bond donors (Lipinski definition) is 3. The fourth-order valence-corrected chi connectivity index (χ4v) is 3.21. The summed E-state index contributed by atoms with van der Waals surface area (Å²) >= 11 is 0. The van der Waals surface area contributed by atoms with E-state index >= 15 is 0 Å². The molecule has 3 N–H and O–H groups in total. The van der Waals surface area contributed by atoms with Crippen LogP contribution in [0.5, 0.6) is 0 Å². The molecular formula is C17H24N6O2. The Hall–Kier alpha value is -2.16. The molecule has 0 spiro atoms. The number of likely N-dealkylation sites (tertiary alicyclic amines) is 1. The summed E-state index contributed by atoms with van der Waals surface area (Å²) in [6.07, 6.45) is 5.38. The van der Waals surface area contributed by atoms with Crippen molar-refractivity contribution in [1.29, 1.82) is 0 Å². The topological polar surface area (TPSA) is 107 Å². The van der Waals surface area contributed by atoms with Gasteiger partial charge in [-0.15, -0.1) is 0 Å². The van der Waals surface area contributed by atoms with Gasteiger partial charge in [0.15, 0.2) is 0 Å². The second kappa shape index (κ2) is 8.28. The van der Waals surface area contributed by atoms with Gasteiger partial charge in [0, 0.05) is 30.9 Å². The van der Waals surface area contributed by atoms with Crippen LogP contribution in [-0.2, 0) is 0 Å². The van der Waals surface area contributed by atoms with Crippen LogP contribution in [0.15, 0.2) is 24.5 Å². The third-order valence-corrected chi connectivity index (χ3v) is 4.47. The average Bonchev–Trinajstić information content (AvgIpc) is 2.63. The van der Waals surface area contributed by atoms with E-state index in [1.54, 1.807) is 18.5 Å². The maximum atomic E-state index is 9.44. The molecule has 2 aromatic heterocycles. The quantitative estimate of drug-likeness (QED) is 0.708. The van der Waals surface area contributed by atoms with Crippen LogP contribution in [0.25, 0.3) is 0 Å². The van der Waals surface area contributed by atoms with Crippen LogP contribution in [0.2, 0.25) is 0 Å². The third kappa shape index (κ3) is 4.47. The van der Waals surface area contributed by atoms with Gasteiger partial charge in [-0.25, -0.2) is 19.9 Å². The predicted octanol–water partition coefficient (Wildman–Crippen LogP) is 0.851. The molecule has 1 aliphatic rings. The number of piperidine rings is 1. The molecule has 0 aliphatic carbocycles. The van der Waals surface area contributed by atoms with E-state index in [9.17, 15) is 10.2 Å². The Morgan fingerprint density at radius 2 is 2.00 bits per heavy atom. The molecule has 1 aliphatic heterocycles. The molecule has 1 fully saturated rings. The summed E-state index contributed by atoms with van der Waals surface area (Å²) in [7, 11) is 0. The Balaban J connectivity index is 1.77. The first-order valence-electron chi connectivity index (χ1n) is 8.55. The van der Waals surface area contributed by atoms with Crippen molar-refractivity contribution in [2.75, 3.05) is 31.6 Å². The molecule has 2 aromatic rings. The van der Waals surface area contributed by atoms with Crippen LogP contribution < -0.4 is 5.32 Å². The zero-order chi connectivity index (χ0) is 17.6. The molecule has 3 rings (SSSR count). The molecule has 8 heteroatoms. The maximum absolute atomic E-state index is 9.44. The lowest BCUT2D eigenvalue weighted by molar-refractivity contribution is 0.0545. The van der Waals surface area contributed by atoms with Gasteiger partial charge in [0.05, 0.1) is 24.9 Å². The average molecular weight is 344 g/mol. The van der Waals surface area contributed by atoms with E-state index in [2.05, 4.69) is 30.2 Å². The van der Waals surface area contributed by atoms with Crippen LogP contribution in [0, 0.1) is 6.92 Å². The number of hydrogen-bond acceptors (Lipinski definition) is 8. The van der Waals surface area contributed by atoms with E-state index in [-0.39, 0.29) is 25.2 Å². The maximum Gasteiger partial charge on any atom is 0.228 e. The first-order valence-corrected chi connectivity index (χ1v) is 8.55. The highest BCUT2D eigenvalue weighted by molar-refractivity contribution is 5.48. The minimum absolute atomic E-state index is 0.0375. The second-order valence-electron chi connectivity index (χ2n) is 6.28. The van der Waals surface area contributed by atoms with Crippen LogP contribution >= 0.6 is 0 Å². The molecule has 1 atom stereocenters. The summed E-state index contributed by atoms with van der Waals surface area (Å²) in [4.78, 5) is 19.5. The standard InChI is InChI=1S/C17H24N6O2/c1-12-20-15(8-16(21-12)22-17-18-5-3-6-19-17)13-4-2-7-23(9-13)14(10-24)11-25/h3,5-6,8,13-14,24-25H,2,4,7,9-11H2,1H3,(H,18,19,20,21,22)/t13-/m0/s1. The number of aromatic nitrogens is 4. The van der Waals surface area contributed by atoms with Gasteiger partial charge in [-0.1, -0.05) is 0 Å². The van der Waals surface area contributed by atoms with Crippen molar-refractivity contribution in [2.24, 2.45) is 0 Å². The van der Waals surface area contributed by atoms with Crippen molar-refractivity contribution >= 4 is 11.8 Å². The molecule has 3 heterocycles. The molecule has 8 nitrogen and oxygen atoms in total. The SMILES string of the molecule is Cc1nc(Nc2ncccn2)cc([C@H]2CCCN(C(CO)CO)C2)n1. The fraction of sp³-hybridized carbons (Fsp3) is 0.529. The lowest BCUT2D eigenvalue weighted by Gasteiger charge is -2.36. The number of nitrogens with zero attached hydrogens (tertiary/aromatic N) is 5. The number of rotatable bonds is 6. The van der Waals surface area contributed by atoms with Crippen molar-refractivity contribution in [3.63, 3.8) is 0 Å². The Labute approximate surface area is 147 Å². The van der Waals surface area contributed by atoms with Gasteiger partial charge in [0.1, 0.15) is 11.6 Å². The Morgan fingerprint density at radius 1 is 1.24 bits per heavy atom. The largest absolute Gasteiger partial charge is 0.395 e. The number of aliphatic hydroxyl groups excluding tert-OH is 2. The third-order valence-electron chi connectivity index (χ3n) is 4.47. The molecule has 0 saturated carbocycles. The first-order chi connectivity index (χ1) is 12.2. The Kier molecular flexibility index (Phi) is 5.85. The van der Waals surface area contributed by atoms with E-state index in [0.29, 0.717) is 17.6 Å². The van der Waals surface area contributed by atoms with Crippen molar-refractivity contribution in [3.05, 3.63) is 36.0 Å². The van der Waals surface area contributed by atoms with Crippen molar-refractivity contribution in [2.45, 2.75) is 31.7 Å². The van der Waals surface area contributed by atoms with Crippen molar-refractivity contribution in [1.82, 2.24) is 24.8 Å². The normalized spacial score (nSPS) is 18.5. The molecule has 0 unspecified atom stereocenters. The van der Waals surface area contributed by atoms with Gasteiger partial charge >= 0.3 is 0 Å². The van der Waals surface area contributed by atoms with E-state index in [1.165, 1.54) is 0 Å². The number of aryl methyl sites for hydroxylation is 1. The van der Waals surface area contributed by atoms with Crippen LogP contribution in [0.1, 0.15) is 30.3 Å². The highest BCUT2D eigenvalue weighted by atomic mass is 16.3. The zero-order valence-electron chi connectivity index (χ0n) is 14.3. The van der Waals surface area contributed by atoms with Crippen LogP contribution in [0.4, 0.5) is 11.8 Å².